The van der Waals surface area contributed by atoms with Gasteiger partial charge in [-0.2, -0.15) is 0 Å². The molecule has 0 aliphatic carbocycles. The van der Waals surface area contributed by atoms with Crippen molar-refractivity contribution < 1.29 is 9.18 Å². The van der Waals surface area contributed by atoms with E-state index in [1.54, 1.807) is 12.3 Å². The third-order valence-corrected chi connectivity index (χ3v) is 3.32. The van der Waals surface area contributed by atoms with E-state index in [9.17, 15) is 9.18 Å². The van der Waals surface area contributed by atoms with Crippen LogP contribution < -0.4 is 0 Å². The molecule has 1 heterocycles. The van der Waals surface area contributed by atoms with Gasteiger partial charge in [0.2, 0.25) is 0 Å². The molecule has 0 fully saturated rings. The molecule has 2 aromatic carbocycles. The number of carbonyl (C=O) groups excluding carboxylic acids is 1. The summed E-state index contributed by atoms with van der Waals surface area (Å²) in [6, 6.07) is 11.8. The first-order valence-electron chi connectivity index (χ1n) is 5.73. The van der Waals surface area contributed by atoms with E-state index in [0.717, 1.165) is 10.9 Å². The van der Waals surface area contributed by atoms with Gasteiger partial charge in [-0.3, -0.25) is 4.79 Å². The number of aromatic amines is 1. The smallest absolute Gasteiger partial charge is 0.198 e. The monoisotopic (exact) mass is 273 g/mol. The third kappa shape index (κ3) is 1.92. The van der Waals surface area contributed by atoms with Crippen LogP contribution in [0.15, 0.2) is 48.7 Å². The highest BCUT2D eigenvalue weighted by Crippen LogP contribution is 2.24. The van der Waals surface area contributed by atoms with Gasteiger partial charge in [0.25, 0.3) is 0 Å². The maximum absolute atomic E-state index is 13.9. The lowest BCUT2D eigenvalue weighted by Crippen LogP contribution is -2.03. The Kier molecular flexibility index (Phi) is 2.84. The molecule has 94 valence electrons. The van der Waals surface area contributed by atoms with E-state index >= 15 is 0 Å². The molecule has 0 aliphatic rings. The van der Waals surface area contributed by atoms with Crippen molar-refractivity contribution in [1.82, 2.24) is 4.98 Å². The van der Waals surface area contributed by atoms with Gasteiger partial charge in [0.05, 0.1) is 10.6 Å². The Morgan fingerprint density at radius 1 is 1.05 bits per heavy atom. The molecule has 2 nitrogen and oxygen atoms in total. The molecule has 0 saturated heterocycles. The second kappa shape index (κ2) is 4.52. The van der Waals surface area contributed by atoms with Crippen LogP contribution in [0, 0.1) is 5.82 Å². The van der Waals surface area contributed by atoms with Gasteiger partial charge in [-0.05, 0) is 18.2 Å². The second-order valence-corrected chi connectivity index (χ2v) is 4.59. The van der Waals surface area contributed by atoms with Crippen LogP contribution >= 0.6 is 11.6 Å². The topological polar surface area (TPSA) is 32.9 Å². The summed E-state index contributed by atoms with van der Waals surface area (Å²) in [7, 11) is 0. The van der Waals surface area contributed by atoms with Crippen molar-refractivity contribution in [3.8, 4) is 0 Å². The molecular formula is C15H9ClFNO. The van der Waals surface area contributed by atoms with Gasteiger partial charge >= 0.3 is 0 Å². The van der Waals surface area contributed by atoms with Crippen LogP contribution in [0.2, 0.25) is 5.02 Å². The molecule has 0 saturated carbocycles. The number of H-pyrrole nitrogens is 1. The van der Waals surface area contributed by atoms with E-state index < -0.39 is 5.82 Å². The van der Waals surface area contributed by atoms with Crippen molar-refractivity contribution >= 4 is 28.3 Å². The van der Waals surface area contributed by atoms with Crippen LogP contribution in [0.5, 0.6) is 0 Å². The molecule has 1 N–H and O–H groups in total. The number of para-hydroxylation sites is 1. The maximum atomic E-state index is 13.9. The fourth-order valence-corrected chi connectivity index (χ4v) is 2.26. The fraction of sp³-hybridized carbons (Fsp3) is 0. The summed E-state index contributed by atoms with van der Waals surface area (Å²) in [5.41, 5.74) is 1.27. The molecule has 4 heteroatoms. The number of benzene rings is 2. The van der Waals surface area contributed by atoms with Crippen molar-refractivity contribution in [1.29, 1.82) is 0 Å². The normalized spacial score (nSPS) is 10.8. The van der Waals surface area contributed by atoms with Gasteiger partial charge in [0.15, 0.2) is 11.6 Å². The molecule has 0 radical (unpaired) electrons. The van der Waals surface area contributed by atoms with Crippen molar-refractivity contribution in [3.63, 3.8) is 0 Å². The summed E-state index contributed by atoms with van der Waals surface area (Å²) in [5.74, 6) is -1.06. The van der Waals surface area contributed by atoms with Crippen LogP contribution in [-0.2, 0) is 0 Å². The highest BCUT2D eigenvalue weighted by Gasteiger charge is 2.18. The molecule has 1 aromatic heterocycles. The summed E-state index contributed by atoms with van der Waals surface area (Å²) in [4.78, 5) is 15.4. The number of hydrogen-bond acceptors (Lipinski definition) is 1. The predicted molar refractivity (Wildman–Crippen MR) is 73.1 cm³/mol. The molecule has 3 rings (SSSR count). The highest BCUT2D eigenvalue weighted by molar-refractivity contribution is 6.31. The first-order chi connectivity index (χ1) is 9.18. The highest BCUT2D eigenvalue weighted by atomic mass is 35.5. The first-order valence-corrected chi connectivity index (χ1v) is 6.11. The second-order valence-electron chi connectivity index (χ2n) is 4.18. The number of carbonyl (C=O) groups is 1. The summed E-state index contributed by atoms with van der Waals surface area (Å²) in [6.07, 6.45) is 1.59. The van der Waals surface area contributed by atoms with Crippen LogP contribution in [0.4, 0.5) is 4.39 Å². The Labute approximate surface area is 113 Å². The summed E-state index contributed by atoms with van der Waals surface area (Å²) in [5, 5.41) is 0.720. The lowest BCUT2D eigenvalue weighted by molar-refractivity contribution is 0.103. The largest absolute Gasteiger partial charge is 0.360 e. The van der Waals surface area contributed by atoms with Crippen LogP contribution in [0.1, 0.15) is 15.9 Å². The number of aromatic nitrogens is 1. The fourth-order valence-electron chi connectivity index (χ4n) is 2.08. The lowest BCUT2D eigenvalue weighted by Gasteiger charge is -2.02. The molecule has 0 amide bonds. The maximum Gasteiger partial charge on any atom is 0.198 e. The molecule has 0 aliphatic heterocycles. The summed E-state index contributed by atoms with van der Waals surface area (Å²) >= 11 is 5.70. The number of fused-ring (bicyclic) bond motifs is 1. The zero-order valence-corrected chi connectivity index (χ0v) is 10.5. The molecule has 3 aromatic rings. The quantitative estimate of drug-likeness (QED) is 0.698. The number of hydrogen-bond donors (Lipinski definition) is 1. The van der Waals surface area contributed by atoms with E-state index in [4.69, 9.17) is 11.6 Å². The van der Waals surface area contributed by atoms with Crippen LogP contribution in [0.25, 0.3) is 10.9 Å². The first kappa shape index (κ1) is 11.9. The minimum Gasteiger partial charge on any atom is -0.360 e. The average Bonchev–Trinajstić information content (AvgIpc) is 2.85. The lowest BCUT2D eigenvalue weighted by atomic mass is 10.0. The standard InChI is InChI=1S/C15H9ClFNO/c16-12-6-3-5-10(14(12)17)15(19)11-8-18-13-7-2-1-4-9(11)13/h1-8,18H. The van der Waals surface area contributed by atoms with Gasteiger partial charge in [0.1, 0.15) is 0 Å². The van der Waals surface area contributed by atoms with Gasteiger partial charge in [-0.1, -0.05) is 35.9 Å². The number of rotatable bonds is 2. The Hall–Kier alpha value is -2.13. The van der Waals surface area contributed by atoms with Gasteiger partial charge < -0.3 is 4.98 Å². The van der Waals surface area contributed by atoms with E-state index in [2.05, 4.69) is 4.98 Å². The Bertz CT molecular complexity index is 779. The predicted octanol–water partition coefficient (Wildman–Crippen LogP) is 4.19. The molecular weight excluding hydrogens is 265 g/mol. The number of ketones is 1. The van der Waals surface area contributed by atoms with Crippen molar-refractivity contribution in [2.75, 3.05) is 0 Å². The molecule has 0 atom stereocenters. The molecule has 0 bridgehead atoms. The van der Waals surface area contributed by atoms with E-state index in [1.165, 1.54) is 12.1 Å². The minimum atomic E-state index is -0.681. The van der Waals surface area contributed by atoms with E-state index in [0.29, 0.717) is 5.56 Å². The van der Waals surface area contributed by atoms with E-state index in [1.807, 2.05) is 24.3 Å². The van der Waals surface area contributed by atoms with Crippen LogP contribution in [-0.4, -0.2) is 10.8 Å². The zero-order valence-electron chi connectivity index (χ0n) is 9.78. The van der Waals surface area contributed by atoms with Crippen LogP contribution in [0.3, 0.4) is 0 Å². The van der Waals surface area contributed by atoms with Gasteiger partial charge in [-0.25, -0.2) is 4.39 Å². The summed E-state index contributed by atoms with van der Waals surface area (Å²) < 4.78 is 13.9. The Morgan fingerprint density at radius 2 is 1.84 bits per heavy atom. The van der Waals surface area contributed by atoms with Gasteiger partial charge in [0, 0.05) is 22.7 Å². The molecule has 19 heavy (non-hydrogen) atoms. The average molecular weight is 274 g/mol. The third-order valence-electron chi connectivity index (χ3n) is 3.03. The molecule has 0 spiro atoms. The number of halogens is 2. The van der Waals surface area contributed by atoms with Gasteiger partial charge in [-0.15, -0.1) is 0 Å². The SMILES string of the molecule is O=C(c1cccc(Cl)c1F)c1c[nH]c2ccccc12. The minimum absolute atomic E-state index is 0.0164. The van der Waals surface area contributed by atoms with Crippen molar-refractivity contribution in [3.05, 3.63) is 70.6 Å². The van der Waals surface area contributed by atoms with E-state index in [-0.39, 0.29) is 16.4 Å². The summed E-state index contributed by atoms with van der Waals surface area (Å²) in [6.45, 7) is 0. The zero-order chi connectivity index (χ0) is 13.4. The Balaban J connectivity index is 2.17. The number of nitrogens with one attached hydrogen (secondary N) is 1. The van der Waals surface area contributed by atoms with Crippen molar-refractivity contribution in [2.45, 2.75) is 0 Å². The Morgan fingerprint density at radius 3 is 2.68 bits per heavy atom. The molecule has 0 unspecified atom stereocenters. The van der Waals surface area contributed by atoms with Crippen molar-refractivity contribution in [2.24, 2.45) is 0 Å².